The minimum Gasteiger partial charge on any atom is -0.493 e. The molecule has 3 nitrogen and oxygen atoms in total. The van der Waals surface area contributed by atoms with Gasteiger partial charge < -0.3 is 9.84 Å². The fourth-order valence-corrected chi connectivity index (χ4v) is 2.00. The highest BCUT2D eigenvalue weighted by Crippen LogP contribution is 2.25. The van der Waals surface area contributed by atoms with Crippen LogP contribution in [-0.2, 0) is 0 Å². The predicted molar refractivity (Wildman–Crippen MR) is 72.5 cm³/mol. The molecule has 0 saturated heterocycles. The van der Waals surface area contributed by atoms with Crippen molar-refractivity contribution < 1.29 is 14.6 Å². The van der Waals surface area contributed by atoms with Crippen LogP contribution in [0.25, 0.3) is 0 Å². The molecular weight excluding hydrogens is 228 g/mol. The first-order valence-corrected chi connectivity index (χ1v) is 6.53. The quantitative estimate of drug-likeness (QED) is 0.745. The molecular formula is C15H22O3. The van der Waals surface area contributed by atoms with Gasteiger partial charge in [0.15, 0.2) is 0 Å². The van der Waals surface area contributed by atoms with Gasteiger partial charge in [-0.2, -0.15) is 0 Å². The van der Waals surface area contributed by atoms with Crippen LogP contribution in [0.1, 0.15) is 54.1 Å². The van der Waals surface area contributed by atoms with E-state index in [0.717, 1.165) is 23.3 Å². The number of hydrogen-bond donors (Lipinski definition) is 1. The minimum absolute atomic E-state index is 0.323. The van der Waals surface area contributed by atoms with E-state index in [1.807, 2.05) is 13.8 Å². The zero-order valence-electron chi connectivity index (χ0n) is 11.5. The number of benzene rings is 1. The van der Waals surface area contributed by atoms with Crippen molar-refractivity contribution >= 4 is 5.97 Å². The van der Waals surface area contributed by atoms with Gasteiger partial charge in [0, 0.05) is 0 Å². The first kappa shape index (κ1) is 14.6. The first-order valence-electron chi connectivity index (χ1n) is 6.53. The Labute approximate surface area is 109 Å². The highest BCUT2D eigenvalue weighted by Gasteiger charge is 2.10. The molecule has 0 bridgehead atoms. The zero-order valence-corrected chi connectivity index (χ0v) is 11.5. The monoisotopic (exact) mass is 250 g/mol. The van der Waals surface area contributed by atoms with Crippen LogP contribution in [0.4, 0.5) is 0 Å². The number of carboxylic acids is 1. The van der Waals surface area contributed by atoms with Gasteiger partial charge in [0.05, 0.1) is 12.2 Å². The number of aromatic carboxylic acids is 1. The molecule has 0 saturated carbocycles. The standard InChI is InChI=1S/C15H22O3/c1-4-5-6-7-8-18-14-11(2)9-13(15(16)17)10-12(14)3/h9-10H,4-8H2,1-3H3,(H,16,17). The Balaban J connectivity index is 2.63. The summed E-state index contributed by atoms with van der Waals surface area (Å²) < 4.78 is 5.76. The molecule has 1 N–H and O–H groups in total. The largest absolute Gasteiger partial charge is 0.493 e. The molecule has 0 radical (unpaired) electrons. The van der Waals surface area contributed by atoms with Gasteiger partial charge in [-0.25, -0.2) is 4.79 Å². The molecule has 0 aliphatic rings. The lowest BCUT2D eigenvalue weighted by atomic mass is 10.1. The molecule has 1 rings (SSSR count). The number of aryl methyl sites for hydroxylation is 2. The van der Waals surface area contributed by atoms with Gasteiger partial charge in [0.25, 0.3) is 0 Å². The zero-order chi connectivity index (χ0) is 13.5. The summed E-state index contributed by atoms with van der Waals surface area (Å²) in [6.07, 6.45) is 4.68. The smallest absolute Gasteiger partial charge is 0.335 e. The van der Waals surface area contributed by atoms with Crippen molar-refractivity contribution in [3.63, 3.8) is 0 Å². The molecule has 18 heavy (non-hydrogen) atoms. The second-order valence-corrected chi connectivity index (χ2v) is 4.65. The Bertz CT molecular complexity index is 387. The first-order chi connectivity index (χ1) is 8.56. The molecule has 0 aromatic heterocycles. The maximum atomic E-state index is 10.9. The van der Waals surface area contributed by atoms with E-state index in [1.165, 1.54) is 19.3 Å². The van der Waals surface area contributed by atoms with Crippen molar-refractivity contribution in [3.05, 3.63) is 28.8 Å². The molecule has 0 unspecified atom stereocenters. The van der Waals surface area contributed by atoms with Crippen LogP contribution in [0.15, 0.2) is 12.1 Å². The van der Waals surface area contributed by atoms with Crippen LogP contribution in [0.2, 0.25) is 0 Å². The highest BCUT2D eigenvalue weighted by atomic mass is 16.5. The lowest BCUT2D eigenvalue weighted by molar-refractivity contribution is 0.0696. The number of carbonyl (C=O) groups is 1. The molecule has 0 atom stereocenters. The van der Waals surface area contributed by atoms with E-state index in [4.69, 9.17) is 9.84 Å². The number of carboxylic acid groups (broad SMARTS) is 1. The van der Waals surface area contributed by atoms with Crippen molar-refractivity contribution in [2.24, 2.45) is 0 Å². The molecule has 3 heteroatoms. The summed E-state index contributed by atoms with van der Waals surface area (Å²) in [7, 11) is 0. The van der Waals surface area contributed by atoms with Crippen molar-refractivity contribution in [1.29, 1.82) is 0 Å². The van der Waals surface area contributed by atoms with Crippen LogP contribution in [0.3, 0.4) is 0 Å². The number of hydrogen-bond acceptors (Lipinski definition) is 2. The lowest BCUT2D eigenvalue weighted by Gasteiger charge is -2.13. The predicted octanol–water partition coefficient (Wildman–Crippen LogP) is 3.96. The van der Waals surface area contributed by atoms with Gasteiger partial charge in [-0.15, -0.1) is 0 Å². The van der Waals surface area contributed by atoms with Crippen LogP contribution < -0.4 is 4.74 Å². The fraction of sp³-hybridized carbons (Fsp3) is 0.533. The van der Waals surface area contributed by atoms with E-state index >= 15 is 0 Å². The van der Waals surface area contributed by atoms with Crippen molar-refractivity contribution in [2.45, 2.75) is 46.5 Å². The van der Waals surface area contributed by atoms with E-state index in [0.29, 0.717) is 12.2 Å². The second kappa shape index (κ2) is 7.04. The second-order valence-electron chi connectivity index (χ2n) is 4.65. The maximum absolute atomic E-state index is 10.9. The summed E-state index contributed by atoms with van der Waals surface area (Å²) >= 11 is 0. The summed E-state index contributed by atoms with van der Waals surface area (Å²) in [6.45, 7) is 6.66. The molecule has 0 spiro atoms. The average molecular weight is 250 g/mol. The van der Waals surface area contributed by atoms with E-state index in [9.17, 15) is 4.79 Å². The molecule has 0 aliphatic heterocycles. The van der Waals surface area contributed by atoms with E-state index in [-0.39, 0.29) is 0 Å². The maximum Gasteiger partial charge on any atom is 0.335 e. The van der Waals surface area contributed by atoms with E-state index in [1.54, 1.807) is 12.1 Å². The highest BCUT2D eigenvalue weighted by molar-refractivity contribution is 5.88. The molecule has 0 fully saturated rings. The minimum atomic E-state index is -0.893. The Morgan fingerprint density at radius 1 is 1.17 bits per heavy atom. The summed E-state index contributed by atoms with van der Waals surface area (Å²) in [5.41, 5.74) is 2.11. The third-order valence-electron chi connectivity index (χ3n) is 2.95. The van der Waals surface area contributed by atoms with E-state index < -0.39 is 5.97 Å². The number of unbranched alkanes of at least 4 members (excludes halogenated alkanes) is 3. The molecule has 0 aliphatic carbocycles. The Hall–Kier alpha value is -1.51. The van der Waals surface area contributed by atoms with Gasteiger partial charge >= 0.3 is 5.97 Å². The lowest BCUT2D eigenvalue weighted by Crippen LogP contribution is -2.04. The molecule has 0 amide bonds. The molecule has 1 aromatic carbocycles. The van der Waals surface area contributed by atoms with Gasteiger partial charge in [-0.1, -0.05) is 26.2 Å². The SMILES string of the molecule is CCCCCCOc1c(C)cc(C(=O)O)cc1C. The Morgan fingerprint density at radius 2 is 1.78 bits per heavy atom. The third kappa shape index (κ3) is 4.06. The van der Waals surface area contributed by atoms with E-state index in [2.05, 4.69) is 6.92 Å². The van der Waals surface area contributed by atoms with Crippen LogP contribution >= 0.6 is 0 Å². The Morgan fingerprint density at radius 3 is 2.28 bits per heavy atom. The fourth-order valence-electron chi connectivity index (χ4n) is 2.00. The summed E-state index contributed by atoms with van der Waals surface area (Å²) in [5.74, 6) is -0.0628. The van der Waals surface area contributed by atoms with Gasteiger partial charge in [-0.3, -0.25) is 0 Å². The van der Waals surface area contributed by atoms with Gasteiger partial charge in [0.2, 0.25) is 0 Å². The van der Waals surface area contributed by atoms with Crippen molar-refractivity contribution in [1.82, 2.24) is 0 Å². The van der Waals surface area contributed by atoms with Crippen LogP contribution in [-0.4, -0.2) is 17.7 Å². The average Bonchev–Trinajstić information content (AvgIpc) is 2.31. The third-order valence-corrected chi connectivity index (χ3v) is 2.95. The van der Waals surface area contributed by atoms with Crippen molar-refractivity contribution in [2.75, 3.05) is 6.61 Å². The summed E-state index contributed by atoms with van der Waals surface area (Å²) in [5, 5.41) is 8.96. The number of rotatable bonds is 7. The molecule has 1 aromatic rings. The van der Waals surface area contributed by atoms with Crippen LogP contribution in [0.5, 0.6) is 5.75 Å². The summed E-state index contributed by atoms with van der Waals surface area (Å²) in [6, 6.07) is 3.33. The van der Waals surface area contributed by atoms with Gasteiger partial charge in [0.1, 0.15) is 5.75 Å². The normalized spacial score (nSPS) is 10.4. The van der Waals surface area contributed by atoms with Gasteiger partial charge in [-0.05, 0) is 43.5 Å². The number of ether oxygens (including phenoxy) is 1. The Kier molecular flexibility index (Phi) is 5.69. The van der Waals surface area contributed by atoms with Crippen LogP contribution in [0, 0.1) is 13.8 Å². The molecule has 100 valence electrons. The topological polar surface area (TPSA) is 46.5 Å². The van der Waals surface area contributed by atoms with Crippen molar-refractivity contribution in [3.8, 4) is 5.75 Å². The molecule has 0 heterocycles. The summed E-state index contributed by atoms with van der Waals surface area (Å²) in [4.78, 5) is 10.9.